The first-order valence-corrected chi connectivity index (χ1v) is 5.14. The molecule has 0 aliphatic rings. The first-order chi connectivity index (χ1) is 7.15. The van der Waals surface area contributed by atoms with Gasteiger partial charge in [0.25, 0.3) is 0 Å². The van der Waals surface area contributed by atoms with E-state index in [0.717, 1.165) is 36.5 Å². The number of rotatable bonds is 5. The van der Waals surface area contributed by atoms with Crippen LogP contribution in [0, 0.1) is 6.92 Å². The topological polar surface area (TPSA) is 55.2 Å². The van der Waals surface area contributed by atoms with E-state index in [1.807, 2.05) is 6.92 Å². The van der Waals surface area contributed by atoms with E-state index in [-0.39, 0.29) is 0 Å². The van der Waals surface area contributed by atoms with Crippen molar-refractivity contribution in [1.82, 2.24) is 9.97 Å². The zero-order chi connectivity index (χ0) is 11.3. The highest BCUT2D eigenvalue weighted by Crippen LogP contribution is 2.14. The summed E-state index contributed by atoms with van der Waals surface area (Å²) >= 11 is 0. The van der Waals surface area contributed by atoms with E-state index < -0.39 is 6.10 Å². The van der Waals surface area contributed by atoms with Crippen molar-refractivity contribution in [3.05, 3.63) is 23.3 Å². The van der Waals surface area contributed by atoms with Gasteiger partial charge in [-0.2, -0.15) is 0 Å². The number of aromatic nitrogens is 2. The molecule has 0 aliphatic heterocycles. The molecule has 0 aliphatic carbocycles. The lowest BCUT2D eigenvalue weighted by Gasteiger charge is -2.08. The number of hydrogen-bond acceptors (Lipinski definition) is 4. The Bertz CT molecular complexity index is 313. The predicted molar refractivity (Wildman–Crippen MR) is 57.6 cm³/mol. The fourth-order valence-electron chi connectivity index (χ4n) is 1.43. The van der Waals surface area contributed by atoms with Gasteiger partial charge in [0.1, 0.15) is 5.82 Å². The molecular weight excluding hydrogens is 192 g/mol. The lowest BCUT2D eigenvalue weighted by molar-refractivity contribution is 0.193. The van der Waals surface area contributed by atoms with Crippen molar-refractivity contribution in [2.75, 3.05) is 13.7 Å². The summed E-state index contributed by atoms with van der Waals surface area (Å²) < 4.78 is 4.96. The zero-order valence-corrected chi connectivity index (χ0v) is 9.53. The molecule has 0 fully saturated rings. The summed E-state index contributed by atoms with van der Waals surface area (Å²) in [6.07, 6.45) is 2.94. The maximum Gasteiger partial charge on any atom is 0.128 e. The Hall–Kier alpha value is -1.00. The molecule has 1 rings (SSSR count). The van der Waals surface area contributed by atoms with Crippen LogP contribution in [-0.4, -0.2) is 28.8 Å². The van der Waals surface area contributed by atoms with Gasteiger partial charge in [0.05, 0.1) is 6.10 Å². The van der Waals surface area contributed by atoms with Gasteiger partial charge in [-0.3, -0.25) is 0 Å². The van der Waals surface area contributed by atoms with Crippen LogP contribution in [0.4, 0.5) is 0 Å². The summed E-state index contributed by atoms with van der Waals surface area (Å²) in [7, 11) is 1.68. The van der Waals surface area contributed by atoms with Crippen molar-refractivity contribution in [3.63, 3.8) is 0 Å². The van der Waals surface area contributed by atoms with Crippen LogP contribution < -0.4 is 0 Å². The SMILES string of the molecule is COCCCc1ncc([C@@H](C)O)c(C)n1. The molecule has 4 nitrogen and oxygen atoms in total. The molecule has 1 N–H and O–H groups in total. The standard InChI is InChI=1S/C11H18N2O2/c1-8-10(9(2)14)7-12-11(13-8)5-4-6-15-3/h7,9,14H,4-6H2,1-3H3/t9-/m1/s1. The molecule has 15 heavy (non-hydrogen) atoms. The number of ether oxygens (including phenoxy) is 1. The molecule has 0 unspecified atom stereocenters. The summed E-state index contributed by atoms with van der Waals surface area (Å²) in [5.41, 5.74) is 1.65. The fourth-order valence-corrected chi connectivity index (χ4v) is 1.43. The molecule has 0 spiro atoms. The molecule has 0 amide bonds. The van der Waals surface area contributed by atoms with Gasteiger partial charge in [-0.25, -0.2) is 9.97 Å². The van der Waals surface area contributed by atoms with Gasteiger partial charge < -0.3 is 9.84 Å². The Morgan fingerprint density at radius 1 is 1.53 bits per heavy atom. The molecule has 1 aromatic heterocycles. The van der Waals surface area contributed by atoms with Crippen LogP contribution >= 0.6 is 0 Å². The van der Waals surface area contributed by atoms with Gasteiger partial charge in [0.2, 0.25) is 0 Å². The molecule has 1 heterocycles. The fraction of sp³-hybridized carbons (Fsp3) is 0.636. The van der Waals surface area contributed by atoms with E-state index in [0.29, 0.717) is 0 Å². The summed E-state index contributed by atoms with van der Waals surface area (Å²) in [6, 6.07) is 0. The highest BCUT2D eigenvalue weighted by molar-refractivity contribution is 5.18. The third-order valence-electron chi connectivity index (χ3n) is 2.27. The van der Waals surface area contributed by atoms with Gasteiger partial charge in [-0.1, -0.05) is 0 Å². The van der Waals surface area contributed by atoms with E-state index in [1.165, 1.54) is 0 Å². The molecule has 0 aromatic carbocycles. The Kier molecular flexibility index (Phi) is 4.65. The monoisotopic (exact) mass is 210 g/mol. The minimum absolute atomic E-state index is 0.502. The van der Waals surface area contributed by atoms with Crippen molar-refractivity contribution >= 4 is 0 Å². The van der Waals surface area contributed by atoms with Crippen LogP contribution in [0.25, 0.3) is 0 Å². The normalized spacial score (nSPS) is 12.8. The number of methoxy groups -OCH3 is 1. The largest absolute Gasteiger partial charge is 0.389 e. The van der Waals surface area contributed by atoms with Gasteiger partial charge in [0, 0.05) is 37.6 Å². The maximum atomic E-state index is 9.41. The summed E-state index contributed by atoms with van der Waals surface area (Å²) in [4.78, 5) is 8.55. The van der Waals surface area contributed by atoms with Crippen LogP contribution in [0.15, 0.2) is 6.20 Å². The Labute approximate surface area is 90.3 Å². The maximum absolute atomic E-state index is 9.41. The average Bonchev–Trinajstić information content (AvgIpc) is 2.17. The number of nitrogens with zero attached hydrogens (tertiary/aromatic N) is 2. The van der Waals surface area contributed by atoms with Crippen LogP contribution in [0.2, 0.25) is 0 Å². The summed E-state index contributed by atoms with van der Waals surface area (Å²) in [6.45, 7) is 4.33. The molecule has 4 heteroatoms. The highest BCUT2D eigenvalue weighted by atomic mass is 16.5. The minimum atomic E-state index is -0.502. The Morgan fingerprint density at radius 3 is 2.80 bits per heavy atom. The second kappa shape index (κ2) is 5.78. The lowest BCUT2D eigenvalue weighted by Crippen LogP contribution is -2.04. The Morgan fingerprint density at radius 2 is 2.27 bits per heavy atom. The van der Waals surface area contributed by atoms with E-state index in [4.69, 9.17) is 4.74 Å². The molecule has 0 saturated carbocycles. The molecule has 84 valence electrons. The molecule has 0 radical (unpaired) electrons. The van der Waals surface area contributed by atoms with Crippen LogP contribution in [0.5, 0.6) is 0 Å². The average molecular weight is 210 g/mol. The summed E-state index contributed by atoms with van der Waals surface area (Å²) in [5.74, 6) is 0.814. The van der Waals surface area contributed by atoms with Gasteiger partial charge >= 0.3 is 0 Å². The van der Waals surface area contributed by atoms with Crippen LogP contribution in [-0.2, 0) is 11.2 Å². The number of aliphatic hydroxyl groups is 1. The second-order valence-electron chi connectivity index (χ2n) is 3.60. The molecular formula is C11H18N2O2. The third-order valence-corrected chi connectivity index (χ3v) is 2.27. The molecule has 1 atom stereocenters. The second-order valence-corrected chi connectivity index (χ2v) is 3.60. The van der Waals surface area contributed by atoms with E-state index in [2.05, 4.69) is 9.97 Å². The number of hydrogen-bond donors (Lipinski definition) is 1. The van der Waals surface area contributed by atoms with E-state index in [9.17, 15) is 5.11 Å². The van der Waals surface area contributed by atoms with Crippen LogP contribution in [0.1, 0.15) is 36.5 Å². The van der Waals surface area contributed by atoms with Gasteiger partial charge in [-0.15, -0.1) is 0 Å². The van der Waals surface area contributed by atoms with Crippen molar-refractivity contribution in [2.24, 2.45) is 0 Å². The quantitative estimate of drug-likeness (QED) is 0.747. The summed E-state index contributed by atoms with van der Waals surface area (Å²) in [5, 5.41) is 9.41. The number of aliphatic hydroxyl groups excluding tert-OH is 1. The zero-order valence-electron chi connectivity index (χ0n) is 9.53. The highest BCUT2D eigenvalue weighted by Gasteiger charge is 2.07. The van der Waals surface area contributed by atoms with E-state index in [1.54, 1.807) is 20.2 Å². The molecule has 0 saturated heterocycles. The predicted octanol–water partition coefficient (Wildman–Crippen LogP) is 1.42. The first-order valence-electron chi connectivity index (χ1n) is 5.14. The van der Waals surface area contributed by atoms with Crippen molar-refractivity contribution in [2.45, 2.75) is 32.8 Å². The molecule has 1 aromatic rings. The first kappa shape index (κ1) is 12.1. The Balaban J connectivity index is 2.65. The van der Waals surface area contributed by atoms with E-state index >= 15 is 0 Å². The number of aryl methyl sites for hydroxylation is 2. The van der Waals surface area contributed by atoms with Crippen molar-refractivity contribution in [3.8, 4) is 0 Å². The third kappa shape index (κ3) is 3.57. The van der Waals surface area contributed by atoms with Gasteiger partial charge in [-0.05, 0) is 20.3 Å². The lowest BCUT2D eigenvalue weighted by atomic mass is 10.1. The molecule has 0 bridgehead atoms. The van der Waals surface area contributed by atoms with Gasteiger partial charge in [0.15, 0.2) is 0 Å². The van der Waals surface area contributed by atoms with Crippen molar-refractivity contribution in [1.29, 1.82) is 0 Å². The van der Waals surface area contributed by atoms with Crippen LogP contribution in [0.3, 0.4) is 0 Å². The van der Waals surface area contributed by atoms with Crippen molar-refractivity contribution < 1.29 is 9.84 Å². The minimum Gasteiger partial charge on any atom is -0.389 e. The smallest absolute Gasteiger partial charge is 0.128 e.